The van der Waals surface area contributed by atoms with Crippen molar-refractivity contribution in [3.8, 4) is 0 Å². The zero-order valence-electron chi connectivity index (χ0n) is 18.1. The Bertz CT molecular complexity index is 1060. The molecule has 1 heterocycles. The maximum absolute atomic E-state index is 14.5. The molecular weight excluding hydrogens is 407 g/mol. The lowest BCUT2D eigenvalue weighted by atomic mass is 10.0. The number of hydrogen-bond acceptors (Lipinski definition) is 3. The molecule has 1 aliphatic carbocycles. The van der Waals surface area contributed by atoms with E-state index in [9.17, 15) is 14.0 Å². The Morgan fingerprint density at radius 2 is 1.78 bits per heavy atom. The second kappa shape index (κ2) is 9.81. The van der Waals surface area contributed by atoms with E-state index in [0.717, 1.165) is 31.2 Å². The monoisotopic (exact) mass is 434 g/mol. The normalized spacial score (nSPS) is 14.8. The first-order valence-corrected chi connectivity index (χ1v) is 11.0. The molecule has 0 aliphatic heterocycles. The number of halogens is 1. The van der Waals surface area contributed by atoms with Gasteiger partial charge in [-0.2, -0.15) is 0 Å². The van der Waals surface area contributed by atoms with Crippen LogP contribution in [0.3, 0.4) is 0 Å². The van der Waals surface area contributed by atoms with Crippen molar-refractivity contribution in [2.45, 2.75) is 51.2 Å². The largest absolute Gasteiger partial charge is 0.459 e. The summed E-state index contributed by atoms with van der Waals surface area (Å²) in [5, 5.41) is 3.12. The summed E-state index contributed by atoms with van der Waals surface area (Å²) < 4.78 is 19.9. The van der Waals surface area contributed by atoms with Crippen LogP contribution in [0, 0.1) is 12.7 Å². The smallest absolute Gasteiger partial charge is 0.290 e. The van der Waals surface area contributed by atoms with Gasteiger partial charge in [0.2, 0.25) is 5.91 Å². The highest BCUT2D eigenvalue weighted by molar-refractivity contribution is 5.96. The summed E-state index contributed by atoms with van der Waals surface area (Å²) in [6.45, 7) is 1.89. The van der Waals surface area contributed by atoms with Gasteiger partial charge in [-0.3, -0.25) is 9.59 Å². The summed E-state index contributed by atoms with van der Waals surface area (Å²) in [6, 6.07) is 16.1. The van der Waals surface area contributed by atoms with Crippen molar-refractivity contribution in [1.82, 2.24) is 10.2 Å². The highest BCUT2D eigenvalue weighted by Gasteiger charge is 2.35. The summed E-state index contributed by atoms with van der Waals surface area (Å²) in [7, 11) is 0. The molecule has 3 aromatic rings. The van der Waals surface area contributed by atoms with Crippen LogP contribution in [-0.4, -0.2) is 22.8 Å². The average Bonchev–Trinajstić information content (AvgIpc) is 3.50. The molecule has 6 heteroatoms. The van der Waals surface area contributed by atoms with Crippen LogP contribution in [0.25, 0.3) is 0 Å². The summed E-state index contributed by atoms with van der Waals surface area (Å²) in [4.78, 5) is 28.4. The summed E-state index contributed by atoms with van der Waals surface area (Å²) in [5.41, 5.74) is 2.04. The van der Waals surface area contributed by atoms with Crippen molar-refractivity contribution in [3.63, 3.8) is 0 Å². The molecule has 1 N–H and O–H groups in total. The Morgan fingerprint density at radius 3 is 2.44 bits per heavy atom. The third-order valence-corrected chi connectivity index (χ3v) is 5.95. The molecule has 1 fully saturated rings. The SMILES string of the molecule is Cc1ccc(C(C(=O)NC2CCCC2)N(Cc2ccccc2F)C(=O)c2ccco2)cc1. The number of carbonyl (C=O) groups is 2. The lowest BCUT2D eigenvalue weighted by Crippen LogP contribution is -2.46. The molecule has 0 saturated heterocycles. The fourth-order valence-corrected chi connectivity index (χ4v) is 4.20. The molecule has 32 heavy (non-hydrogen) atoms. The van der Waals surface area contributed by atoms with Crippen molar-refractivity contribution < 1.29 is 18.4 Å². The van der Waals surface area contributed by atoms with Crippen molar-refractivity contribution in [2.75, 3.05) is 0 Å². The number of hydrogen-bond donors (Lipinski definition) is 1. The third kappa shape index (κ3) is 4.90. The molecule has 4 rings (SSSR count). The maximum Gasteiger partial charge on any atom is 0.290 e. The average molecular weight is 435 g/mol. The number of nitrogens with one attached hydrogen (secondary N) is 1. The molecule has 1 aliphatic rings. The topological polar surface area (TPSA) is 62.6 Å². The van der Waals surface area contributed by atoms with E-state index in [1.54, 1.807) is 30.3 Å². The lowest BCUT2D eigenvalue weighted by molar-refractivity contribution is -0.126. The first kappa shape index (κ1) is 21.8. The predicted molar refractivity (Wildman–Crippen MR) is 119 cm³/mol. The molecule has 1 saturated carbocycles. The maximum atomic E-state index is 14.5. The molecule has 0 radical (unpaired) electrons. The van der Waals surface area contributed by atoms with E-state index in [1.165, 1.54) is 17.2 Å². The minimum atomic E-state index is -0.923. The fourth-order valence-electron chi connectivity index (χ4n) is 4.20. The number of rotatable bonds is 7. The van der Waals surface area contributed by atoms with E-state index < -0.39 is 17.8 Å². The molecule has 1 unspecified atom stereocenters. The Morgan fingerprint density at radius 1 is 1.06 bits per heavy atom. The van der Waals surface area contributed by atoms with Gasteiger partial charge in [0, 0.05) is 11.6 Å². The van der Waals surface area contributed by atoms with Crippen LogP contribution in [0.5, 0.6) is 0 Å². The highest BCUT2D eigenvalue weighted by atomic mass is 19.1. The van der Waals surface area contributed by atoms with Crippen LogP contribution in [-0.2, 0) is 11.3 Å². The van der Waals surface area contributed by atoms with Gasteiger partial charge >= 0.3 is 0 Å². The summed E-state index contributed by atoms with van der Waals surface area (Å²) in [5.74, 6) is -1.06. The zero-order chi connectivity index (χ0) is 22.5. The molecule has 0 spiro atoms. The van der Waals surface area contributed by atoms with Crippen molar-refractivity contribution in [2.24, 2.45) is 0 Å². The molecule has 2 amide bonds. The Labute approximate surface area is 187 Å². The second-order valence-electron chi connectivity index (χ2n) is 8.30. The van der Waals surface area contributed by atoms with Crippen LogP contribution in [0.4, 0.5) is 4.39 Å². The van der Waals surface area contributed by atoms with Gasteiger partial charge in [0.25, 0.3) is 5.91 Å². The van der Waals surface area contributed by atoms with Crippen molar-refractivity contribution in [1.29, 1.82) is 0 Å². The van der Waals surface area contributed by atoms with Crippen molar-refractivity contribution in [3.05, 3.63) is 95.2 Å². The van der Waals surface area contributed by atoms with Crippen LogP contribution >= 0.6 is 0 Å². The van der Waals surface area contributed by atoms with Gasteiger partial charge in [-0.05, 0) is 43.5 Å². The molecule has 2 aromatic carbocycles. The van der Waals surface area contributed by atoms with Crippen molar-refractivity contribution >= 4 is 11.8 Å². The molecule has 5 nitrogen and oxygen atoms in total. The first-order chi connectivity index (χ1) is 15.5. The van der Waals surface area contributed by atoms with Gasteiger partial charge in [-0.15, -0.1) is 0 Å². The molecule has 0 bridgehead atoms. The number of furan rings is 1. The van der Waals surface area contributed by atoms with Crippen LogP contribution in [0.1, 0.15) is 59.0 Å². The standard InChI is InChI=1S/C26H27FN2O3/c1-18-12-14-19(15-13-18)24(25(30)28-21-8-3-4-9-21)29(26(31)23-11-6-16-32-23)17-20-7-2-5-10-22(20)27/h2,5-7,10-16,21,24H,3-4,8-9,17H2,1H3,(H,28,30). The fraction of sp³-hybridized carbons (Fsp3) is 0.308. The Kier molecular flexibility index (Phi) is 6.69. The lowest BCUT2D eigenvalue weighted by Gasteiger charge is -2.32. The first-order valence-electron chi connectivity index (χ1n) is 11.0. The van der Waals surface area contributed by atoms with E-state index in [-0.39, 0.29) is 24.3 Å². The number of benzene rings is 2. The quantitative estimate of drug-likeness (QED) is 0.558. The third-order valence-electron chi connectivity index (χ3n) is 5.95. The Balaban J connectivity index is 1.75. The second-order valence-corrected chi connectivity index (χ2v) is 8.30. The molecular formula is C26H27FN2O3. The molecule has 1 atom stereocenters. The molecule has 1 aromatic heterocycles. The van der Waals surface area contributed by atoms with Gasteiger partial charge in [0.1, 0.15) is 11.9 Å². The van der Waals surface area contributed by atoms with Crippen LogP contribution in [0.15, 0.2) is 71.3 Å². The number of amides is 2. The predicted octanol–water partition coefficient (Wildman–Crippen LogP) is 5.17. The zero-order valence-corrected chi connectivity index (χ0v) is 18.1. The van der Waals surface area contributed by atoms with Gasteiger partial charge in [-0.25, -0.2) is 4.39 Å². The van der Waals surface area contributed by atoms with Gasteiger partial charge in [-0.1, -0.05) is 60.9 Å². The number of carbonyl (C=O) groups excluding carboxylic acids is 2. The van der Waals surface area contributed by atoms with Gasteiger partial charge in [0.15, 0.2) is 5.76 Å². The minimum absolute atomic E-state index is 0.0666. The molecule has 166 valence electrons. The van der Waals surface area contributed by atoms with Crippen LogP contribution in [0.2, 0.25) is 0 Å². The minimum Gasteiger partial charge on any atom is -0.459 e. The van der Waals surface area contributed by atoms with Gasteiger partial charge < -0.3 is 14.6 Å². The van der Waals surface area contributed by atoms with E-state index in [4.69, 9.17) is 4.42 Å². The van der Waals surface area contributed by atoms with Crippen LogP contribution < -0.4 is 5.32 Å². The van der Waals surface area contributed by atoms with Gasteiger partial charge in [0.05, 0.1) is 12.8 Å². The Hall–Kier alpha value is -3.41. The summed E-state index contributed by atoms with van der Waals surface area (Å²) in [6.07, 6.45) is 5.40. The summed E-state index contributed by atoms with van der Waals surface area (Å²) >= 11 is 0. The van der Waals surface area contributed by atoms with E-state index in [0.29, 0.717) is 11.1 Å². The van der Waals surface area contributed by atoms with E-state index in [1.807, 2.05) is 31.2 Å². The number of aryl methyl sites for hydroxylation is 1. The van der Waals surface area contributed by atoms with E-state index in [2.05, 4.69) is 5.32 Å². The number of nitrogens with zero attached hydrogens (tertiary/aromatic N) is 1. The van der Waals surface area contributed by atoms with E-state index >= 15 is 0 Å². The highest BCUT2D eigenvalue weighted by Crippen LogP contribution is 2.28.